The molecule has 2 aromatic heterocycles. The van der Waals surface area contributed by atoms with Crippen molar-refractivity contribution >= 4 is 11.8 Å². The molecule has 7 heteroatoms. The first-order chi connectivity index (χ1) is 12.8. The Balaban J connectivity index is 1.47. The van der Waals surface area contributed by atoms with Gasteiger partial charge in [-0.05, 0) is 17.7 Å². The van der Waals surface area contributed by atoms with Crippen molar-refractivity contribution in [1.82, 2.24) is 19.7 Å². The Morgan fingerprint density at radius 2 is 1.50 bits per heavy atom. The van der Waals surface area contributed by atoms with Gasteiger partial charge in [0.25, 0.3) is 5.56 Å². The molecular formula is C19H20N6O. The van der Waals surface area contributed by atoms with E-state index < -0.39 is 0 Å². The van der Waals surface area contributed by atoms with Crippen LogP contribution in [0.5, 0.6) is 0 Å². The van der Waals surface area contributed by atoms with Crippen molar-refractivity contribution in [2.45, 2.75) is 6.54 Å². The molecule has 3 heterocycles. The Bertz CT molecular complexity index is 904. The van der Waals surface area contributed by atoms with Crippen LogP contribution in [0.25, 0.3) is 0 Å². The highest BCUT2D eigenvalue weighted by Crippen LogP contribution is 2.15. The van der Waals surface area contributed by atoms with Crippen molar-refractivity contribution < 1.29 is 0 Å². The van der Waals surface area contributed by atoms with Crippen molar-refractivity contribution in [3.63, 3.8) is 0 Å². The minimum Gasteiger partial charge on any atom is -0.352 e. The van der Waals surface area contributed by atoms with Crippen LogP contribution in [0.4, 0.5) is 11.8 Å². The van der Waals surface area contributed by atoms with Crippen molar-refractivity contribution in [1.29, 1.82) is 0 Å². The smallest absolute Gasteiger partial charge is 0.267 e. The summed E-state index contributed by atoms with van der Waals surface area (Å²) in [6.07, 6.45) is 3.52. The van der Waals surface area contributed by atoms with Crippen molar-refractivity contribution in [3.8, 4) is 0 Å². The SMILES string of the molecule is O=c1ccc(N2CCN(c3ncccn3)CC2)nn1Cc1ccccc1. The number of rotatable bonds is 4. The largest absolute Gasteiger partial charge is 0.352 e. The van der Waals surface area contributed by atoms with E-state index >= 15 is 0 Å². The fraction of sp³-hybridized carbons (Fsp3) is 0.263. The Hall–Kier alpha value is -3.22. The molecular weight excluding hydrogens is 328 g/mol. The van der Waals surface area contributed by atoms with Crippen LogP contribution in [0.15, 0.2) is 65.7 Å². The fourth-order valence-corrected chi connectivity index (χ4v) is 3.07. The Morgan fingerprint density at radius 3 is 2.23 bits per heavy atom. The maximum atomic E-state index is 12.2. The summed E-state index contributed by atoms with van der Waals surface area (Å²) in [5, 5.41) is 4.57. The molecule has 1 fully saturated rings. The Kier molecular flexibility index (Phi) is 4.59. The fourth-order valence-electron chi connectivity index (χ4n) is 3.07. The van der Waals surface area contributed by atoms with E-state index in [2.05, 4.69) is 24.9 Å². The third-order valence-electron chi connectivity index (χ3n) is 4.47. The third-order valence-corrected chi connectivity index (χ3v) is 4.47. The highest BCUT2D eigenvalue weighted by Gasteiger charge is 2.20. The molecule has 0 unspecified atom stereocenters. The second kappa shape index (κ2) is 7.35. The molecule has 26 heavy (non-hydrogen) atoms. The van der Waals surface area contributed by atoms with Crippen LogP contribution in [0.1, 0.15) is 5.56 Å². The topological polar surface area (TPSA) is 67.2 Å². The van der Waals surface area contributed by atoms with Gasteiger partial charge in [0, 0.05) is 44.6 Å². The molecule has 4 rings (SSSR count). The summed E-state index contributed by atoms with van der Waals surface area (Å²) in [6, 6.07) is 15.1. The number of aromatic nitrogens is 4. The van der Waals surface area contributed by atoms with E-state index in [1.54, 1.807) is 24.5 Å². The second-order valence-electron chi connectivity index (χ2n) is 6.20. The molecule has 132 valence electrons. The van der Waals surface area contributed by atoms with Crippen LogP contribution in [0.3, 0.4) is 0 Å². The molecule has 1 aliphatic rings. The van der Waals surface area contributed by atoms with Gasteiger partial charge in [0.05, 0.1) is 6.54 Å². The lowest BCUT2D eigenvalue weighted by Gasteiger charge is -2.35. The van der Waals surface area contributed by atoms with Crippen LogP contribution in [0, 0.1) is 0 Å². The van der Waals surface area contributed by atoms with Crippen LogP contribution in [-0.4, -0.2) is 45.9 Å². The quantitative estimate of drug-likeness (QED) is 0.710. The molecule has 0 spiro atoms. The molecule has 0 N–H and O–H groups in total. The molecule has 0 bridgehead atoms. The highest BCUT2D eigenvalue weighted by molar-refractivity contribution is 5.41. The Labute approximate surface area is 151 Å². The van der Waals surface area contributed by atoms with Gasteiger partial charge in [0.1, 0.15) is 5.82 Å². The zero-order valence-electron chi connectivity index (χ0n) is 14.4. The van der Waals surface area contributed by atoms with Gasteiger partial charge >= 0.3 is 0 Å². The third kappa shape index (κ3) is 3.56. The number of piperazine rings is 1. The van der Waals surface area contributed by atoms with E-state index in [1.165, 1.54) is 4.68 Å². The van der Waals surface area contributed by atoms with Crippen molar-refractivity contribution in [3.05, 3.63) is 76.8 Å². The highest BCUT2D eigenvalue weighted by atomic mass is 16.1. The van der Waals surface area contributed by atoms with Crippen LogP contribution >= 0.6 is 0 Å². The van der Waals surface area contributed by atoms with Crippen molar-refractivity contribution in [2.24, 2.45) is 0 Å². The molecule has 0 amide bonds. The zero-order valence-corrected chi connectivity index (χ0v) is 14.4. The molecule has 7 nitrogen and oxygen atoms in total. The summed E-state index contributed by atoms with van der Waals surface area (Å²) in [7, 11) is 0. The number of nitrogens with zero attached hydrogens (tertiary/aromatic N) is 6. The van der Waals surface area contributed by atoms with Crippen LogP contribution in [0.2, 0.25) is 0 Å². The minimum atomic E-state index is -0.0890. The monoisotopic (exact) mass is 348 g/mol. The van der Waals surface area contributed by atoms with Gasteiger partial charge in [-0.15, -0.1) is 0 Å². The predicted molar refractivity (Wildman–Crippen MR) is 100 cm³/mol. The van der Waals surface area contributed by atoms with E-state index in [9.17, 15) is 4.79 Å². The molecule has 0 aliphatic carbocycles. The van der Waals surface area contributed by atoms with Gasteiger partial charge in [-0.1, -0.05) is 30.3 Å². The normalized spacial score (nSPS) is 14.5. The second-order valence-corrected chi connectivity index (χ2v) is 6.20. The Morgan fingerprint density at radius 1 is 0.808 bits per heavy atom. The van der Waals surface area contributed by atoms with E-state index in [0.717, 1.165) is 43.5 Å². The number of hydrogen-bond acceptors (Lipinski definition) is 6. The number of anilines is 2. The molecule has 0 saturated carbocycles. The maximum Gasteiger partial charge on any atom is 0.267 e. The summed E-state index contributed by atoms with van der Waals surface area (Å²) in [5.41, 5.74) is 0.972. The molecule has 1 aliphatic heterocycles. The van der Waals surface area contributed by atoms with Gasteiger partial charge < -0.3 is 9.80 Å². The van der Waals surface area contributed by atoms with Gasteiger partial charge in [-0.25, -0.2) is 14.6 Å². The average molecular weight is 348 g/mol. The van der Waals surface area contributed by atoms with Crippen LogP contribution < -0.4 is 15.4 Å². The molecule has 1 aromatic carbocycles. The minimum absolute atomic E-state index is 0.0890. The maximum absolute atomic E-state index is 12.2. The van der Waals surface area contributed by atoms with Gasteiger partial charge in [0.15, 0.2) is 0 Å². The number of benzene rings is 1. The molecule has 3 aromatic rings. The first-order valence-corrected chi connectivity index (χ1v) is 8.68. The summed E-state index contributed by atoms with van der Waals surface area (Å²) < 4.78 is 1.53. The van der Waals surface area contributed by atoms with E-state index in [-0.39, 0.29) is 5.56 Å². The standard InChI is InChI=1S/C19H20N6O/c26-18-8-7-17(22-25(18)15-16-5-2-1-3-6-16)23-11-13-24(14-12-23)19-20-9-4-10-21-19/h1-10H,11-15H2. The van der Waals surface area contributed by atoms with E-state index in [1.807, 2.05) is 36.4 Å². The summed E-state index contributed by atoms with van der Waals surface area (Å²) >= 11 is 0. The number of hydrogen-bond donors (Lipinski definition) is 0. The summed E-state index contributed by atoms with van der Waals surface area (Å²) in [6.45, 7) is 3.75. The molecule has 1 saturated heterocycles. The lowest BCUT2D eigenvalue weighted by Crippen LogP contribution is -2.47. The summed E-state index contributed by atoms with van der Waals surface area (Å²) in [5.74, 6) is 1.59. The zero-order chi connectivity index (χ0) is 17.8. The first kappa shape index (κ1) is 16.3. The molecule has 0 atom stereocenters. The van der Waals surface area contributed by atoms with E-state index in [4.69, 9.17) is 0 Å². The van der Waals surface area contributed by atoms with Gasteiger partial charge in [-0.2, -0.15) is 5.10 Å². The first-order valence-electron chi connectivity index (χ1n) is 8.68. The van der Waals surface area contributed by atoms with Gasteiger partial charge in [0.2, 0.25) is 5.95 Å². The lowest BCUT2D eigenvalue weighted by molar-refractivity contribution is 0.597. The van der Waals surface area contributed by atoms with E-state index in [0.29, 0.717) is 6.54 Å². The molecule has 0 radical (unpaired) electrons. The van der Waals surface area contributed by atoms with Gasteiger partial charge in [-0.3, -0.25) is 4.79 Å². The lowest BCUT2D eigenvalue weighted by atomic mass is 10.2. The average Bonchev–Trinajstić information content (AvgIpc) is 2.71. The van der Waals surface area contributed by atoms with Crippen molar-refractivity contribution in [2.75, 3.05) is 36.0 Å². The summed E-state index contributed by atoms with van der Waals surface area (Å²) in [4.78, 5) is 25.1. The predicted octanol–water partition coefficient (Wildman–Crippen LogP) is 1.41. The van der Waals surface area contributed by atoms with Crippen LogP contribution in [-0.2, 0) is 6.54 Å².